The molecule has 0 bridgehead atoms. The molecule has 0 aliphatic carbocycles. The van der Waals surface area contributed by atoms with Crippen molar-refractivity contribution >= 4 is 11.6 Å². The van der Waals surface area contributed by atoms with Crippen LogP contribution in [-0.2, 0) is 37.5 Å². The SMILES string of the molecule is Cc1cc(C)c(N2CCC(C)C2=O)c(C)c1.[Y]. The van der Waals surface area contributed by atoms with E-state index in [2.05, 4.69) is 32.9 Å². The molecule has 1 aromatic carbocycles. The van der Waals surface area contributed by atoms with E-state index in [9.17, 15) is 4.79 Å². The Balaban J connectivity index is 0.00000144. The van der Waals surface area contributed by atoms with Gasteiger partial charge in [-0.1, -0.05) is 24.6 Å². The summed E-state index contributed by atoms with van der Waals surface area (Å²) in [5, 5.41) is 0. The molecule has 1 aromatic rings. The van der Waals surface area contributed by atoms with Crippen LogP contribution in [-0.4, -0.2) is 12.5 Å². The van der Waals surface area contributed by atoms with Gasteiger partial charge in [0.05, 0.1) is 0 Å². The Kier molecular flexibility index (Phi) is 4.91. The number of hydrogen-bond acceptors (Lipinski definition) is 1. The maximum absolute atomic E-state index is 12.0. The van der Waals surface area contributed by atoms with Crippen LogP contribution in [0.1, 0.15) is 30.0 Å². The van der Waals surface area contributed by atoms with Crippen molar-refractivity contribution in [2.24, 2.45) is 5.92 Å². The van der Waals surface area contributed by atoms with Gasteiger partial charge in [0, 0.05) is 50.9 Å². The summed E-state index contributed by atoms with van der Waals surface area (Å²) in [5.41, 5.74) is 4.80. The first-order chi connectivity index (χ1) is 7.50. The van der Waals surface area contributed by atoms with E-state index in [-0.39, 0.29) is 44.5 Å². The fourth-order valence-electron chi connectivity index (χ4n) is 2.64. The molecule has 1 aliphatic rings. The number of hydrogen-bond donors (Lipinski definition) is 0. The molecule has 3 heteroatoms. The van der Waals surface area contributed by atoms with E-state index < -0.39 is 0 Å². The Morgan fingerprint density at radius 2 is 1.71 bits per heavy atom. The third-order valence-corrected chi connectivity index (χ3v) is 3.38. The van der Waals surface area contributed by atoms with E-state index in [1.165, 1.54) is 16.7 Å². The minimum Gasteiger partial charge on any atom is -0.312 e. The van der Waals surface area contributed by atoms with Gasteiger partial charge in [-0.2, -0.15) is 0 Å². The van der Waals surface area contributed by atoms with Crippen LogP contribution in [0.25, 0.3) is 0 Å². The van der Waals surface area contributed by atoms with Crippen molar-refractivity contribution in [2.45, 2.75) is 34.1 Å². The van der Waals surface area contributed by atoms with Crippen LogP contribution >= 0.6 is 0 Å². The topological polar surface area (TPSA) is 20.3 Å². The van der Waals surface area contributed by atoms with Crippen LogP contribution in [0.2, 0.25) is 0 Å². The second-order valence-corrected chi connectivity index (χ2v) is 4.93. The van der Waals surface area contributed by atoms with Gasteiger partial charge in [-0.15, -0.1) is 0 Å². The average molecular weight is 306 g/mol. The molecule has 1 amide bonds. The van der Waals surface area contributed by atoms with E-state index in [1.54, 1.807) is 0 Å². The molecule has 1 heterocycles. The van der Waals surface area contributed by atoms with Crippen molar-refractivity contribution in [1.29, 1.82) is 0 Å². The second-order valence-electron chi connectivity index (χ2n) is 4.93. The molecule has 0 aromatic heterocycles. The number of benzene rings is 1. The Hall–Kier alpha value is -0.206. The van der Waals surface area contributed by atoms with E-state index >= 15 is 0 Å². The molecule has 89 valence electrons. The third-order valence-electron chi connectivity index (χ3n) is 3.38. The van der Waals surface area contributed by atoms with Gasteiger partial charge in [-0.3, -0.25) is 4.79 Å². The van der Waals surface area contributed by atoms with Gasteiger partial charge < -0.3 is 4.90 Å². The fraction of sp³-hybridized carbons (Fsp3) is 0.500. The number of rotatable bonds is 1. The van der Waals surface area contributed by atoms with Gasteiger partial charge in [0.2, 0.25) is 5.91 Å². The van der Waals surface area contributed by atoms with Crippen LogP contribution < -0.4 is 4.90 Å². The van der Waals surface area contributed by atoms with E-state index in [4.69, 9.17) is 0 Å². The molecule has 1 fully saturated rings. The number of carbonyl (C=O) groups excluding carboxylic acids is 1. The predicted octanol–water partition coefficient (Wildman–Crippen LogP) is 2.98. The van der Waals surface area contributed by atoms with Gasteiger partial charge in [0.15, 0.2) is 0 Å². The van der Waals surface area contributed by atoms with Crippen molar-refractivity contribution in [3.8, 4) is 0 Å². The molecule has 2 rings (SSSR count). The molecule has 0 saturated carbocycles. The van der Waals surface area contributed by atoms with Gasteiger partial charge in [0.1, 0.15) is 0 Å². The van der Waals surface area contributed by atoms with Crippen molar-refractivity contribution in [3.63, 3.8) is 0 Å². The van der Waals surface area contributed by atoms with Crippen molar-refractivity contribution in [3.05, 3.63) is 28.8 Å². The molecular formula is C14H19NOY. The van der Waals surface area contributed by atoms with Crippen LogP contribution in [0.15, 0.2) is 12.1 Å². The monoisotopic (exact) mass is 306 g/mol. The first kappa shape index (κ1) is 14.9. The summed E-state index contributed by atoms with van der Waals surface area (Å²) in [6.45, 7) is 9.15. The summed E-state index contributed by atoms with van der Waals surface area (Å²) in [6, 6.07) is 4.30. The summed E-state index contributed by atoms with van der Waals surface area (Å²) in [4.78, 5) is 14.0. The average Bonchev–Trinajstić information content (AvgIpc) is 2.48. The van der Waals surface area contributed by atoms with Crippen molar-refractivity contribution < 1.29 is 37.5 Å². The van der Waals surface area contributed by atoms with Crippen LogP contribution in [0.5, 0.6) is 0 Å². The standard InChI is InChI=1S/C14H19NO.Y/c1-9-7-11(3)13(12(4)8-9)15-6-5-10(2)14(15)16;/h7-8,10H,5-6H2,1-4H3;. The summed E-state index contributed by atoms with van der Waals surface area (Å²) in [5.74, 6) is 0.454. The minimum atomic E-state index is 0. The summed E-state index contributed by atoms with van der Waals surface area (Å²) >= 11 is 0. The largest absolute Gasteiger partial charge is 0.312 e. The van der Waals surface area contributed by atoms with E-state index in [0.717, 1.165) is 18.7 Å². The third kappa shape index (κ3) is 2.79. The molecule has 17 heavy (non-hydrogen) atoms. The molecule has 0 N–H and O–H groups in total. The van der Waals surface area contributed by atoms with Gasteiger partial charge in [0.25, 0.3) is 0 Å². The Morgan fingerprint density at radius 1 is 1.18 bits per heavy atom. The Labute approximate surface area is 129 Å². The molecule has 0 spiro atoms. The second kappa shape index (κ2) is 5.62. The number of nitrogens with zero attached hydrogens (tertiary/aromatic N) is 1. The predicted molar refractivity (Wildman–Crippen MR) is 66.8 cm³/mol. The molecular weight excluding hydrogens is 287 g/mol. The van der Waals surface area contributed by atoms with E-state index in [1.807, 2.05) is 11.8 Å². The number of anilines is 1. The summed E-state index contributed by atoms with van der Waals surface area (Å²) in [7, 11) is 0. The molecule has 1 radical (unpaired) electrons. The maximum Gasteiger partial charge on any atom is 0.229 e. The van der Waals surface area contributed by atoms with Gasteiger partial charge in [-0.25, -0.2) is 0 Å². The minimum absolute atomic E-state index is 0. The number of carbonyl (C=O) groups is 1. The quantitative estimate of drug-likeness (QED) is 0.781. The molecule has 1 saturated heterocycles. The summed E-state index contributed by atoms with van der Waals surface area (Å²) in [6.07, 6.45) is 0.978. The van der Waals surface area contributed by atoms with Crippen LogP contribution in [0, 0.1) is 26.7 Å². The van der Waals surface area contributed by atoms with Crippen molar-refractivity contribution in [2.75, 3.05) is 11.4 Å². The Bertz CT molecular complexity index is 419. The summed E-state index contributed by atoms with van der Waals surface area (Å²) < 4.78 is 0. The molecule has 1 atom stereocenters. The normalized spacial score (nSPS) is 19.4. The van der Waals surface area contributed by atoms with Gasteiger partial charge in [-0.05, 0) is 38.3 Å². The molecule has 1 aliphatic heterocycles. The maximum atomic E-state index is 12.0. The molecule has 1 unspecified atom stereocenters. The zero-order chi connectivity index (χ0) is 11.9. The number of amides is 1. The van der Waals surface area contributed by atoms with Crippen molar-refractivity contribution in [1.82, 2.24) is 0 Å². The molecule has 2 nitrogen and oxygen atoms in total. The zero-order valence-electron chi connectivity index (χ0n) is 11.1. The van der Waals surface area contributed by atoms with Crippen LogP contribution in [0.4, 0.5) is 5.69 Å². The Morgan fingerprint density at radius 3 is 2.12 bits per heavy atom. The fourth-order valence-corrected chi connectivity index (χ4v) is 2.64. The smallest absolute Gasteiger partial charge is 0.229 e. The van der Waals surface area contributed by atoms with Crippen LogP contribution in [0.3, 0.4) is 0 Å². The van der Waals surface area contributed by atoms with E-state index in [0.29, 0.717) is 0 Å². The number of aryl methyl sites for hydroxylation is 3. The first-order valence-electron chi connectivity index (χ1n) is 5.90. The van der Waals surface area contributed by atoms with Gasteiger partial charge >= 0.3 is 0 Å². The first-order valence-corrected chi connectivity index (χ1v) is 5.90. The zero-order valence-corrected chi connectivity index (χ0v) is 13.9.